The minimum Gasteiger partial charge on any atom is -0.398 e. The maximum absolute atomic E-state index is 11.5. The van der Waals surface area contributed by atoms with Gasteiger partial charge in [0.1, 0.15) is 11.1 Å². The molecule has 7 nitrogen and oxygen atoms in total. The molecule has 0 unspecified atom stereocenters. The summed E-state index contributed by atoms with van der Waals surface area (Å²) in [6.07, 6.45) is 4.01. The van der Waals surface area contributed by atoms with E-state index in [-0.39, 0.29) is 106 Å². The number of anilines is 1. The molecule has 0 aromatic heterocycles. The van der Waals surface area contributed by atoms with Crippen molar-refractivity contribution in [3.63, 3.8) is 0 Å². The molecule has 0 fully saturated rings. The van der Waals surface area contributed by atoms with Crippen molar-refractivity contribution >= 4 is 40.6 Å². The summed E-state index contributed by atoms with van der Waals surface area (Å²) in [6.45, 7) is 0. The van der Waals surface area contributed by atoms with Crippen molar-refractivity contribution in [2.45, 2.75) is 9.79 Å². The first-order valence-electron chi connectivity index (χ1n) is 16.5. The van der Waals surface area contributed by atoms with Crippen LogP contribution in [-0.2, 0) is 89.5 Å². The predicted molar refractivity (Wildman–Crippen MR) is 224 cm³/mol. The minimum absolute atomic E-state index is 0. The monoisotopic (exact) mass is 1540 g/mol. The SMILES string of the molecule is CSc1ccc(C#Cc2cc([N+](=O)[O-])c(C#Cc3ccccc3)cc2N)cc1.CSc1ccc(C#Cc2ccc(C#Cc3ccccc3)cc2[N+](=O)[O-])cc1.[Au].[Au].[Au].[Au]. The minimum atomic E-state index is -0.465. The zero-order valence-electron chi connectivity index (χ0n) is 30.9. The van der Waals surface area contributed by atoms with E-state index in [1.807, 2.05) is 122 Å². The van der Waals surface area contributed by atoms with E-state index in [9.17, 15) is 20.2 Å². The van der Waals surface area contributed by atoms with Crippen molar-refractivity contribution in [1.82, 2.24) is 0 Å². The topological polar surface area (TPSA) is 112 Å². The molecule has 0 aliphatic carbocycles. The zero-order chi connectivity index (χ0) is 39.0. The molecule has 0 atom stereocenters. The summed E-state index contributed by atoms with van der Waals surface area (Å²) in [6, 6.07) is 42.1. The third-order valence-corrected chi connectivity index (χ3v) is 9.15. The molecule has 4 radical (unpaired) electrons. The number of benzene rings is 6. The van der Waals surface area contributed by atoms with Gasteiger partial charge in [-0.2, -0.15) is 0 Å². The predicted octanol–water partition coefficient (Wildman–Crippen LogP) is 9.80. The maximum atomic E-state index is 11.5. The van der Waals surface area contributed by atoms with Crippen LogP contribution in [0.4, 0.5) is 17.1 Å². The van der Waals surface area contributed by atoms with Crippen LogP contribution in [0.1, 0.15) is 44.5 Å². The van der Waals surface area contributed by atoms with Gasteiger partial charge in [0, 0.05) is 145 Å². The summed E-state index contributed by atoms with van der Waals surface area (Å²) in [5, 5.41) is 22.9. The average molecular weight is 1540 g/mol. The molecule has 0 bridgehead atoms. The standard InChI is InChI=1S/C23H16N2O2S.C23H15NO2S.4Au/c1-28-21-13-9-18(10-14-21)7-11-19-16-23(25(26)27)20(15-22(19)24)12-8-17-5-3-2-4-6-17;1-27-22-15-11-19(12-16-22)9-13-21-14-10-20(17-23(21)24(25)26)8-7-18-5-3-2-4-6-18;;;;/h2-6,9-10,13-16H,24H2,1H3;2-6,10-12,14-17H,1H3;;;;. The second-order valence-corrected chi connectivity index (χ2v) is 13.2. The smallest absolute Gasteiger partial charge is 0.286 e. The van der Waals surface area contributed by atoms with Crippen LogP contribution >= 0.6 is 23.5 Å². The number of nitrogens with zero attached hydrogens (tertiary/aromatic N) is 2. The molecule has 0 heterocycles. The van der Waals surface area contributed by atoms with Crippen molar-refractivity contribution in [2.75, 3.05) is 18.2 Å². The van der Waals surface area contributed by atoms with Gasteiger partial charge in [0.05, 0.1) is 15.4 Å². The number of nitro groups is 2. The number of rotatable bonds is 4. The van der Waals surface area contributed by atoms with Crippen LogP contribution in [0.5, 0.6) is 0 Å². The van der Waals surface area contributed by atoms with Gasteiger partial charge in [-0.05, 0) is 104 Å². The molecule has 6 rings (SSSR count). The van der Waals surface area contributed by atoms with E-state index in [2.05, 4.69) is 47.4 Å². The van der Waals surface area contributed by atoms with Crippen LogP contribution in [0.15, 0.2) is 149 Å². The molecule has 6 aromatic rings. The van der Waals surface area contributed by atoms with E-state index in [4.69, 9.17) is 5.73 Å². The van der Waals surface area contributed by atoms with Gasteiger partial charge in [-0.25, -0.2) is 0 Å². The number of thioether (sulfide) groups is 2. The molecule has 0 saturated carbocycles. The van der Waals surface area contributed by atoms with Crippen molar-refractivity contribution in [3.05, 3.63) is 204 Å². The Hall–Kier alpha value is -4.18. The second-order valence-electron chi connectivity index (χ2n) is 11.4. The fraction of sp³-hybridized carbons (Fsp3) is 0.0435. The second kappa shape index (κ2) is 27.6. The maximum Gasteiger partial charge on any atom is 0.286 e. The molecule has 0 saturated heterocycles. The Morgan fingerprint density at radius 2 is 0.780 bits per heavy atom. The quantitative estimate of drug-likeness (QED) is 0.0468. The van der Waals surface area contributed by atoms with Gasteiger partial charge < -0.3 is 5.73 Å². The molecule has 59 heavy (non-hydrogen) atoms. The summed E-state index contributed by atoms with van der Waals surface area (Å²) < 4.78 is 0. The van der Waals surface area contributed by atoms with Gasteiger partial charge in [0.2, 0.25) is 0 Å². The van der Waals surface area contributed by atoms with Gasteiger partial charge in [-0.15, -0.1) is 23.5 Å². The summed E-state index contributed by atoms with van der Waals surface area (Å²) in [5.74, 6) is 23.6. The number of nitrogen functional groups attached to an aromatic ring is 1. The van der Waals surface area contributed by atoms with Crippen LogP contribution in [0.3, 0.4) is 0 Å². The van der Waals surface area contributed by atoms with E-state index in [1.54, 1.807) is 35.7 Å². The fourth-order valence-electron chi connectivity index (χ4n) is 4.79. The molecule has 13 heteroatoms. The summed E-state index contributed by atoms with van der Waals surface area (Å²) in [4.78, 5) is 24.3. The molecule has 310 valence electrons. The van der Waals surface area contributed by atoms with Crippen molar-refractivity contribution in [3.8, 4) is 47.4 Å². The Morgan fingerprint density at radius 1 is 0.424 bits per heavy atom. The molecule has 0 aliphatic heterocycles. The third-order valence-electron chi connectivity index (χ3n) is 7.66. The largest absolute Gasteiger partial charge is 0.398 e. The van der Waals surface area contributed by atoms with Gasteiger partial charge >= 0.3 is 0 Å². The summed E-state index contributed by atoms with van der Waals surface area (Å²) in [7, 11) is 0. The van der Waals surface area contributed by atoms with Crippen LogP contribution in [0.2, 0.25) is 0 Å². The number of hydrogen-bond donors (Lipinski definition) is 1. The van der Waals surface area contributed by atoms with Crippen molar-refractivity contribution < 1.29 is 99.4 Å². The fourth-order valence-corrected chi connectivity index (χ4v) is 5.60. The van der Waals surface area contributed by atoms with Crippen LogP contribution in [0, 0.1) is 67.6 Å². The first-order chi connectivity index (χ1) is 26.7. The van der Waals surface area contributed by atoms with E-state index < -0.39 is 9.85 Å². The number of nitrogens with two attached hydrogens (primary N) is 1. The molecular weight excluding hydrogens is 1510 g/mol. The van der Waals surface area contributed by atoms with Crippen molar-refractivity contribution in [2.24, 2.45) is 0 Å². The molecule has 6 aromatic carbocycles. The first-order valence-corrected chi connectivity index (χ1v) is 19.0. The van der Waals surface area contributed by atoms with Gasteiger partial charge in [-0.3, -0.25) is 20.2 Å². The third kappa shape index (κ3) is 16.8. The van der Waals surface area contributed by atoms with E-state index in [0.717, 1.165) is 32.0 Å². The normalized spacial score (nSPS) is 8.92. The zero-order valence-corrected chi connectivity index (χ0v) is 41.2. The Balaban J connectivity index is 0.000000553. The molecule has 2 N–H and O–H groups in total. The first kappa shape index (κ1) is 52.8. The Bertz CT molecular complexity index is 2600. The van der Waals surface area contributed by atoms with Gasteiger partial charge in [0.15, 0.2) is 0 Å². The Labute approximate surface area is 415 Å². The van der Waals surface area contributed by atoms with Gasteiger partial charge in [-0.1, -0.05) is 83.8 Å². The Morgan fingerprint density at radius 3 is 1.22 bits per heavy atom. The summed E-state index contributed by atoms with van der Waals surface area (Å²) >= 11 is 3.30. The molecule has 0 amide bonds. The number of nitro benzene ring substituents is 2. The van der Waals surface area contributed by atoms with Crippen molar-refractivity contribution in [1.29, 1.82) is 0 Å². The van der Waals surface area contributed by atoms with E-state index >= 15 is 0 Å². The molecular formula is C46H31Au4N3O4S2. The molecule has 0 spiro atoms. The number of hydrogen-bond acceptors (Lipinski definition) is 7. The molecule has 0 aliphatic rings. The Kier molecular flexibility index (Phi) is 24.7. The van der Waals surface area contributed by atoms with Crippen LogP contribution in [-0.4, -0.2) is 22.4 Å². The van der Waals surface area contributed by atoms with Crippen LogP contribution < -0.4 is 5.73 Å². The van der Waals surface area contributed by atoms with Crippen LogP contribution in [0.25, 0.3) is 0 Å². The average Bonchev–Trinajstić information content (AvgIpc) is 3.22. The van der Waals surface area contributed by atoms with E-state index in [1.165, 1.54) is 18.2 Å². The van der Waals surface area contributed by atoms with E-state index in [0.29, 0.717) is 22.4 Å². The summed E-state index contributed by atoms with van der Waals surface area (Å²) in [5.41, 5.74) is 11.2. The van der Waals surface area contributed by atoms with Gasteiger partial charge in [0.25, 0.3) is 11.4 Å².